The minimum absolute atomic E-state index is 0.0206. The number of carbonyl (C=O) groups is 1. The monoisotopic (exact) mass is 264 g/mol. The van der Waals surface area contributed by atoms with Gasteiger partial charge < -0.3 is 16.0 Å². The lowest BCUT2D eigenvalue weighted by Gasteiger charge is -2.28. The Balaban J connectivity index is 2.65. The molecule has 0 radical (unpaired) electrons. The summed E-state index contributed by atoms with van der Waals surface area (Å²) < 4.78 is 0. The third kappa shape index (κ3) is 5.26. The number of nitrogens with two attached hydrogens (primary N) is 1. The van der Waals surface area contributed by atoms with Crippen LogP contribution in [0, 0.1) is 12.3 Å². The van der Waals surface area contributed by atoms with Crippen molar-refractivity contribution in [2.45, 2.75) is 20.8 Å². The van der Waals surface area contributed by atoms with Crippen molar-refractivity contribution in [1.82, 2.24) is 15.2 Å². The Bertz CT molecular complexity index is 435. The van der Waals surface area contributed by atoms with Crippen molar-refractivity contribution >= 4 is 11.7 Å². The molecule has 1 heterocycles. The fourth-order valence-electron chi connectivity index (χ4n) is 2.16. The number of nitrogens with zero attached hydrogens (tertiary/aromatic N) is 2. The normalized spacial score (nSPS) is 11.7. The van der Waals surface area contributed by atoms with Crippen molar-refractivity contribution in [3.63, 3.8) is 0 Å². The van der Waals surface area contributed by atoms with Gasteiger partial charge in [0, 0.05) is 24.3 Å². The van der Waals surface area contributed by atoms with E-state index in [1.54, 1.807) is 12.1 Å². The second-order valence-electron chi connectivity index (χ2n) is 6.01. The SMILES string of the molecule is Cc1cc(C(=O)NCC(C)(C)CN(C)C)cc(N)n1. The lowest BCUT2D eigenvalue weighted by Crippen LogP contribution is -2.40. The Labute approximate surface area is 115 Å². The Kier molecular flexibility index (Phi) is 4.89. The van der Waals surface area contributed by atoms with Crippen molar-refractivity contribution in [3.05, 3.63) is 23.4 Å². The van der Waals surface area contributed by atoms with Gasteiger partial charge in [0.2, 0.25) is 0 Å². The Hall–Kier alpha value is -1.62. The first-order valence-corrected chi connectivity index (χ1v) is 6.37. The average Bonchev–Trinajstić information content (AvgIpc) is 2.22. The second-order valence-corrected chi connectivity index (χ2v) is 6.01. The number of nitrogen functional groups attached to an aromatic ring is 1. The zero-order chi connectivity index (χ0) is 14.6. The van der Waals surface area contributed by atoms with Crippen molar-refractivity contribution < 1.29 is 4.79 Å². The predicted octanol–water partition coefficient (Wildman–Crippen LogP) is 1.29. The first-order valence-electron chi connectivity index (χ1n) is 6.37. The molecule has 0 saturated carbocycles. The van der Waals surface area contributed by atoms with Crippen LogP contribution < -0.4 is 11.1 Å². The number of hydrogen-bond acceptors (Lipinski definition) is 4. The quantitative estimate of drug-likeness (QED) is 0.840. The van der Waals surface area contributed by atoms with Crippen molar-refractivity contribution in [3.8, 4) is 0 Å². The molecule has 0 atom stereocenters. The van der Waals surface area contributed by atoms with Gasteiger partial charge in [0.25, 0.3) is 5.91 Å². The average molecular weight is 264 g/mol. The summed E-state index contributed by atoms with van der Waals surface area (Å²) >= 11 is 0. The molecule has 0 aromatic carbocycles. The molecule has 0 unspecified atom stereocenters. The molecular formula is C14H24N4O. The predicted molar refractivity (Wildman–Crippen MR) is 78.1 cm³/mol. The molecule has 19 heavy (non-hydrogen) atoms. The van der Waals surface area contributed by atoms with Crippen LogP contribution in [-0.2, 0) is 0 Å². The van der Waals surface area contributed by atoms with Crippen molar-refractivity contribution in [2.24, 2.45) is 5.41 Å². The summed E-state index contributed by atoms with van der Waals surface area (Å²) in [5.41, 5.74) is 6.98. The van der Waals surface area contributed by atoms with Crippen LogP contribution in [0.15, 0.2) is 12.1 Å². The molecule has 0 aliphatic rings. The van der Waals surface area contributed by atoms with Crippen molar-refractivity contribution in [2.75, 3.05) is 32.9 Å². The summed E-state index contributed by atoms with van der Waals surface area (Å²) in [5.74, 6) is 0.265. The summed E-state index contributed by atoms with van der Waals surface area (Å²) in [6, 6.07) is 3.34. The summed E-state index contributed by atoms with van der Waals surface area (Å²) in [7, 11) is 4.05. The number of rotatable bonds is 5. The highest BCUT2D eigenvalue weighted by Crippen LogP contribution is 2.15. The molecule has 0 aliphatic carbocycles. The molecule has 0 aliphatic heterocycles. The minimum atomic E-state index is -0.107. The maximum Gasteiger partial charge on any atom is 0.251 e. The zero-order valence-electron chi connectivity index (χ0n) is 12.4. The molecule has 5 heteroatoms. The third-order valence-electron chi connectivity index (χ3n) is 2.71. The van der Waals surface area contributed by atoms with Gasteiger partial charge in [0.15, 0.2) is 0 Å². The van der Waals surface area contributed by atoms with Crippen LogP contribution in [0.4, 0.5) is 5.82 Å². The van der Waals surface area contributed by atoms with Gasteiger partial charge in [-0.3, -0.25) is 4.79 Å². The molecule has 0 bridgehead atoms. The van der Waals surface area contributed by atoms with Gasteiger partial charge in [-0.05, 0) is 38.6 Å². The molecule has 106 valence electrons. The van der Waals surface area contributed by atoms with Crippen LogP contribution in [-0.4, -0.2) is 43.0 Å². The van der Waals surface area contributed by atoms with Gasteiger partial charge in [-0.15, -0.1) is 0 Å². The van der Waals surface area contributed by atoms with E-state index in [-0.39, 0.29) is 11.3 Å². The van der Waals surface area contributed by atoms with Gasteiger partial charge >= 0.3 is 0 Å². The molecule has 0 spiro atoms. The van der Waals surface area contributed by atoms with Gasteiger partial charge in [-0.25, -0.2) is 4.98 Å². The summed E-state index contributed by atoms with van der Waals surface area (Å²) in [6.07, 6.45) is 0. The molecule has 1 rings (SSSR count). The molecule has 1 aromatic heterocycles. The van der Waals surface area contributed by atoms with Gasteiger partial charge in [-0.1, -0.05) is 13.8 Å². The highest BCUT2D eigenvalue weighted by atomic mass is 16.1. The molecular weight excluding hydrogens is 240 g/mol. The number of amides is 1. The maximum atomic E-state index is 12.1. The van der Waals surface area contributed by atoms with E-state index in [1.165, 1.54) is 0 Å². The Morgan fingerprint density at radius 2 is 2.05 bits per heavy atom. The molecule has 5 nitrogen and oxygen atoms in total. The highest BCUT2D eigenvalue weighted by molar-refractivity contribution is 5.94. The smallest absolute Gasteiger partial charge is 0.251 e. The molecule has 1 amide bonds. The number of aromatic nitrogens is 1. The summed E-state index contributed by atoms with van der Waals surface area (Å²) in [5, 5.41) is 2.95. The highest BCUT2D eigenvalue weighted by Gasteiger charge is 2.20. The van der Waals surface area contributed by atoms with E-state index in [0.717, 1.165) is 12.2 Å². The number of aryl methyl sites for hydroxylation is 1. The van der Waals surface area contributed by atoms with Crippen LogP contribution in [0.1, 0.15) is 29.9 Å². The van der Waals surface area contributed by atoms with Crippen LogP contribution in [0.25, 0.3) is 0 Å². The number of nitrogens with one attached hydrogen (secondary N) is 1. The molecule has 0 fully saturated rings. The molecule has 3 N–H and O–H groups in total. The van der Waals surface area contributed by atoms with E-state index in [9.17, 15) is 4.79 Å². The van der Waals surface area contributed by atoms with Gasteiger partial charge in [0.05, 0.1) is 0 Å². The number of pyridine rings is 1. The van der Waals surface area contributed by atoms with E-state index in [1.807, 2.05) is 21.0 Å². The van der Waals surface area contributed by atoms with Crippen LogP contribution in [0.2, 0.25) is 0 Å². The van der Waals surface area contributed by atoms with Crippen LogP contribution in [0.3, 0.4) is 0 Å². The van der Waals surface area contributed by atoms with E-state index in [2.05, 4.69) is 29.0 Å². The Morgan fingerprint density at radius 3 is 2.58 bits per heavy atom. The van der Waals surface area contributed by atoms with Crippen LogP contribution in [0.5, 0.6) is 0 Å². The lowest BCUT2D eigenvalue weighted by molar-refractivity contribution is 0.0929. The van der Waals surface area contributed by atoms with Gasteiger partial charge in [0.1, 0.15) is 5.82 Å². The zero-order valence-corrected chi connectivity index (χ0v) is 12.4. The first kappa shape index (κ1) is 15.4. The number of anilines is 1. The maximum absolute atomic E-state index is 12.1. The van der Waals surface area contributed by atoms with E-state index in [4.69, 9.17) is 5.73 Å². The Morgan fingerprint density at radius 1 is 1.42 bits per heavy atom. The fourth-order valence-corrected chi connectivity index (χ4v) is 2.16. The minimum Gasteiger partial charge on any atom is -0.384 e. The summed E-state index contributed by atoms with van der Waals surface area (Å²) in [6.45, 7) is 7.60. The topological polar surface area (TPSA) is 71.2 Å². The van der Waals surface area contributed by atoms with E-state index >= 15 is 0 Å². The molecule has 1 aromatic rings. The number of hydrogen-bond donors (Lipinski definition) is 2. The fraction of sp³-hybridized carbons (Fsp3) is 0.571. The summed E-state index contributed by atoms with van der Waals surface area (Å²) in [4.78, 5) is 18.2. The van der Waals surface area contributed by atoms with E-state index in [0.29, 0.717) is 17.9 Å². The van der Waals surface area contributed by atoms with Gasteiger partial charge in [-0.2, -0.15) is 0 Å². The van der Waals surface area contributed by atoms with E-state index < -0.39 is 0 Å². The molecule has 0 saturated heterocycles. The third-order valence-corrected chi connectivity index (χ3v) is 2.71. The standard InChI is InChI=1S/C14H24N4O/c1-10-6-11(7-12(15)17-10)13(19)16-8-14(2,3)9-18(4)5/h6-7H,8-9H2,1-5H3,(H2,15,17)(H,16,19). The largest absolute Gasteiger partial charge is 0.384 e. The first-order chi connectivity index (χ1) is 8.69. The lowest BCUT2D eigenvalue weighted by atomic mass is 9.93. The number of carbonyl (C=O) groups excluding carboxylic acids is 1. The van der Waals surface area contributed by atoms with Crippen molar-refractivity contribution in [1.29, 1.82) is 0 Å². The van der Waals surface area contributed by atoms with Crippen LogP contribution >= 0.6 is 0 Å². The second kappa shape index (κ2) is 6.02.